The number of hydrogen-bond acceptors (Lipinski definition) is 11. The van der Waals surface area contributed by atoms with Crippen molar-refractivity contribution >= 4 is 0 Å². The van der Waals surface area contributed by atoms with Crippen LogP contribution >= 0.6 is 0 Å². The number of aliphatic hydroxyl groups is 2. The predicted molar refractivity (Wildman–Crippen MR) is 200 cm³/mol. The van der Waals surface area contributed by atoms with Crippen molar-refractivity contribution in [3.05, 3.63) is 95.1 Å². The Bertz CT molecular complexity index is 1700. The molecule has 4 aromatic carbocycles. The molecule has 11 heteroatoms. The number of benzene rings is 4. The second-order valence-electron chi connectivity index (χ2n) is 13.3. The highest BCUT2D eigenvalue weighted by molar-refractivity contribution is 5.48. The molecule has 5 rings (SSSR count). The Kier molecular flexibility index (Phi) is 12.9. The maximum absolute atomic E-state index is 11.1. The molecule has 2 unspecified atom stereocenters. The third-order valence-electron chi connectivity index (χ3n) is 10.1. The van der Waals surface area contributed by atoms with Gasteiger partial charge in [-0.05, 0) is 96.5 Å². The first kappa shape index (κ1) is 39.4. The van der Waals surface area contributed by atoms with Crippen molar-refractivity contribution in [2.45, 2.75) is 64.3 Å². The van der Waals surface area contributed by atoms with Gasteiger partial charge in [0.1, 0.15) is 24.4 Å². The fourth-order valence-corrected chi connectivity index (χ4v) is 6.78. The smallest absolute Gasteiger partial charge is 0.161 e. The van der Waals surface area contributed by atoms with Crippen LogP contribution in [0.3, 0.4) is 0 Å². The molecule has 0 saturated carbocycles. The van der Waals surface area contributed by atoms with Gasteiger partial charge in [0.25, 0.3) is 0 Å². The van der Waals surface area contributed by atoms with E-state index in [4.69, 9.17) is 42.6 Å². The first-order chi connectivity index (χ1) is 25.5. The van der Waals surface area contributed by atoms with Crippen molar-refractivity contribution < 1.29 is 52.8 Å². The maximum atomic E-state index is 11.1. The standard InChI is InChI=1S/C42H52O11/c1-23-24(2)42(30-14-18-34(38(22-30)50-10)52-26(4)40(44)28-12-16-32(46-6)36(20-28)48-8)53-41(23)29-13-17-33(37(21-29)49-9)51-25(3)39(43)27-11-15-31(45-5)35(19-27)47-7/h11-26,39-44H,1-10H3/t23-,24-,25-,26?,39+,40+,41-,42?/m1/s1. The minimum absolute atomic E-state index is 0.167. The molecule has 1 aliphatic heterocycles. The van der Waals surface area contributed by atoms with E-state index in [-0.39, 0.29) is 24.0 Å². The molecule has 0 spiro atoms. The summed E-state index contributed by atoms with van der Waals surface area (Å²) >= 11 is 0. The number of hydrogen-bond donors (Lipinski definition) is 2. The Hall–Kier alpha value is -4.84. The van der Waals surface area contributed by atoms with Crippen molar-refractivity contribution in [1.82, 2.24) is 0 Å². The van der Waals surface area contributed by atoms with Crippen LogP contribution in [0.5, 0.6) is 46.0 Å². The largest absolute Gasteiger partial charge is 0.493 e. The van der Waals surface area contributed by atoms with Crippen molar-refractivity contribution in [1.29, 1.82) is 0 Å². The van der Waals surface area contributed by atoms with Gasteiger partial charge in [-0.15, -0.1) is 0 Å². The van der Waals surface area contributed by atoms with Gasteiger partial charge in [0.2, 0.25) is 0 Å². The van der Waals surface area contributed by atoms with E-state index in [1.807, 2.05) is 36.4 Å². The predicted octanol–water partition coefficient (Wildman–Crippen LogP) is 7.82. The third kappa shape index (κ3) is 8.38. The van der Waals surface area contributed by atoms with Crippen LogP contribution < -0.4 is 37.9 Å². The summed E-state index contributed by atoms with van der Waals surface area (Å²) in [5.74, 6) is 4.62. The van der Waals surface area contributed by atoms with Crippen LogP contribution in [0.25, 0.3) is 0 Å². The Balaban J connectivity index is 1.29. The highest BCUT2D eigenvalue weighted by atomic mass is 16.5. The Morgan fingerprint density at radius 2 is 0.774 bits per heavy atom. The first-order valence-corrected chi connectivity index (χ1v) is 17.6. The molecule has 2 N–H and O–H groups in total. The first-order valence-electron chi connectivity index (χ1n) is 17.6. The van der Waals surface area contributed by atoms with E-state index in [1.54, 1.807) is 92.9 Å². The van der Waals surface area contributed by atoms with Crippen LogP contribution in [0, 0.1) is 11.8 Å². The maximum Gasteiger partial charge on any atom is 0.161 e. The zero-order valence-corrected chi connectivity index (χ0v) is 32.1. The van der Waals surface area contributed by atoms with Crippen LogP contribution in [0.1, 0.15) is 74.4 Å². The molecule has 8 atom stereocenters. The lowest BCUT2D eigenvalue weighted by Gasteiger charge is -2.24. The van der Waals surface area contributed by atoms with Crippen LogP contribution in [0.2, 0.25) is 0 Å². The monoisotopic (exact) mass is 732 g/mol. The fraction of sp³-hybridized carbons (Fsp3) is 0.429. The van der Waals surface area contributed by atoms with Gasteiger partial charge in [-0.25, -0.2) is 0 Å². The molecule has 1 fully saturated rings. The highest BCUT2D eigenvalue weighted by Crippen LogP contribution is 2.51. The molecular weight excluding hydrogens is 680 g/mol. The number of aliphatic hydroxyl groups excluding tert-OH is 2. The number of methoxy groups -OCH3 is 6. The average molecular weight is 733 g/mol. The number of ether oxygens (including phenoxy) is 9. The number of rotatable bonds is 16. The summed E-state index contributed by atoms with van der Waals surface area (Å²) in [5.41, 5.74) is 3.18. The summed E-state index contributed by atoms with van der Waals surface area (Å²) < 4.78 is 52.2. The summed E-state index contributed by atoms with van der Waals surface area (Å²) in [6.45, 7) is 7.96. The van der Waals surface area contributed by atoms with Crippen LogP contribution in [-0.4, -0.2) is 65.1 Å². The second kappa shape index (κ2) is 17.3. The van der Waals surface area contributed by atoms with E-state index in [9.17, 15) is 10.2 Å². The molecule has 1 aliphatic rings. The molecule has 0 bridgehead atoms. The molecule has 11 nitrogen and oxygen atoms in total. The Morgan fingerprint density at radius 1 is 0.453 bits per heavy atom. The summed E-state index contributed by atoms with van der Waals surface area (Å²) in [5, 5.41) is 22.2. The van der Waals surface area contributed by atoms with Gasteiger partial charge in [-0.1, -0.05) is 38.1 Å². The summed E-state index contributed by atoms with van der Waals surface area (Å²) in [4.78, 5) is 0. The van der Waals surface area contributed by atoms with Gasteiger partial charge < -0.3 is 52.8 Å². The van der Waals surface area contributed by atoms with Crippen LogP contribution in [0.15, 0.2) is 72.8 Å². The van der Waals surface area contributed by atoms with Crippen molar-refractivity contribution in [3.63, 3.8) is 0 Å². The van der Waals surface area contributed by atoms with E-state index in [0.29, 0.717) is 57.1 Å². The molecule has 1 heterocycles. The zero-order chi connectivity index (χ0) is 38.4. The van der Waals surface area contributed by atoms with Gasteiger partial charge in [0, 0.05) is 0 Å². The molecule has 286 valence electrons. The normalized spacial score (nSPS) is 20.5. The molecule has 53 heavy (non-hydrogen) atoms. The minimum Gasteiger partial charge on any atom is -0.493 e. The molecule has 4 aromatic rings. The minimum atomic E-state index is -0.932. The summed E-state index contributed by atoms with van der Waals surface area (Å²) in [7, 11) is 9.43. The summed E-state index contributed by atoms with van der Waals surface area (Å²) in [6, 6.07) is 22.1. The van der Waals surface area contributed by atoms with Gasteiger partial charge in [-0.2, -0.15) is 0 Å². The SMILES string of the molecule is COc1ccc([C@@H](O)C(C)Oc2ccc(C3O[C@@H](c4ccc(O[C@H](C)[C@H](O)c5ccc(OC)c(OC)c5)c(OC)c4)[C@H](C)[C@H]3C)cc2OC)cc1OC. The Morgan fingerprint density at radius 3 is 1.11 bits per heavy atom. The van der Waals surface area contributed by atoms with E-state index < -0.39 is 24.4 Å². The lowest BCUT2D eigenvalue weighted by atomic mass is 9.85. The average Bonchev–Trinajstić information content (AvgIpc) is 3.49. The van der Waals surface area contributed by atoms with E-state index in [0.717, 1.165) is 11.1 Å². The highest BCUT2D eigenvalue weighted by Gasteiger charge is 2.41. The van der Waals surface area contributed by atoms with Gasteiger partial charge in [0.05, 0.1) is 54.9 Å². The molecule has 0 amide bonds. The van der Waals surface area contributed by atoms with Gasteiger partial charge >= 0.3 is 0 Å². The lowest BCUT2D eigenvalue weighted by molar-refractivity contribution is 0.0281. The van der Waals surface area contributed by atoms with Crippen molar-refractivity contribution in [2.24, 2.45) is 11.8 Å². The summed E-state index contributed by atoms with van der Waals surface area (Å²) in [6.07, 6.45) is -3.49. The topological polar surface area (TPSA) is 124 Å². The van der Waals surface area contributed by atoms with E-state index in [2.05, 4.69) is 13.8 Å². The third-order valence-corrected chi connectivity index (χ3v) is 10.1. The zero-order valence-electron chi connectivity index (χ0n) is 32.1. The van der Waals surface area contributed by atoms with E-state index in [1.165, 1.54) is 0 Å². The lowest BCUT2D eigenvalue weighted by Crippen LogP contribution is -2.22. The fourth-order valence-electron chi connectivity index (χ4n) is 6.78. The second-order valence-corrected chi connectivity index (χ2v) is 13.3. The Labute approximate surface area is 312 Å². The van der Waals surface area contributed by atoms with Crippen molar-refractivity contribution in [2.75, 3.05) is 42.7 Å². The van der Waals surface area contributed by atoms with E-state index >= 15 is 0 Å². The van der Waals surface area contributed by atoms with Crippen LogP contribution in [-0.2, 0) is 4.74 Å². The molecule has 0 aromatic heterocycles. The van der Waals surface area contributed by atoms with Gasteiger partial charge in [0.15, 0.2) is 46.0 Å². The van der Waals surface area contributed by atoms with Crippen molar-refractivity contribution in [3.8, 4) is 46.0 Å². The van der Waals surface area contributed by atoms with Crippen LogP contribution in [0.4, 0.5) is 0 Å². The molecule has 1 saturated heterocycles. The molecule has 0 radical (unpaired) electrons. The van der Waals surface area contributed by atoms with Gasteiger partial charge in [-0.3, -0.25) is 0 Å². The molecular formula is C42H52O11. The quantitative estimate of drug-likeness (QED) is 0.117. The molecule has 0 aliphatic carbocycles.